The lowest BCUT2D eigenvalue weighted by Crippen LogP contribution is -2.49. The van der Waals surface area contributed by atoms with E-state index in [9.17, 15) is 9.59 Å². The van der Waals surface area contributed by atoms with Crippen LogP contribution in [-0.4, -0.2) is 53.4 Å². The minimum atomic E-state index is -0.201. The van der Waals surface area contributed by atoms with Crippen molar-refractivity contribution >= 4 is 22.9 Å². The van der Waals surface area contributed by atoms with Gasteiger partial charge in [-0.3, -0.25) is 14.5 Å². The van der Waals surface area contributed by atoms with E-state index in [2.05, 4.69) is 34.2 Å². The lowest BCUT2D eigenvalue weighted by Gasteiger charge is -2.34. The predicted octanol–water partition coefficient (Wildman–Crippen LogP) is 3.00. The smallest absolute Gasteiger partial charge is 0.259 e. The Kier molecular flexibility index (Phi) is 5.35. The molecule has 1 fully saturated rings. The van der Waals surface area contributed by atoms with Gasteiger partial charge in [-0.15, -0.1) is 0 Å². The highest BCUT2D eigenvalue weighted by atomic mass is 16.2. The molecule has 2 aromatic carbocycles. The second-order valence-electron chi connectivity index (χ2n) is 6.98. The average Bonchev–Trinajstić information content (AvgIpc) is 2.75. The molecular formula is C23H23N3O2. The van der Waals surface area contributed by atoms with Crippen molar-refractivity contribution in [3.8, 4) is 0 Å². The summed E-state index contributed by atoms with van der Waals surface area (Å²) < 4.78 is 0. The van der Waals surface area contributed by atoms with Gasteiger partial charge >= 0.3 is 0 Å². The van der Waals surface area contributed by atoms with Crippen LogP contribution < -0.4 is 5.43 Å². The summed E-state index contributed by atoms with van der Waals surface area (Å²) >= 11 is 0. The Morgan fingerprint density at radius 2 is 1.68 bits per heavy atom. The van der Waals surface area contributed by atoms with Crippen LogP contribution in [0.2, 0.25) is 0 Å². The van der Waals surface area contributed by atoms with Crippen molar-refractivity contribution in [2.75, 3.05) is 32.7 Å². The lowest BCUT2D eigenvalue weighted by molar-refractivity contribution is 0.0649. The number of para-hydroxylation sites is 1. The van der Waals surface area contributed by atoms with Crippen molar-refractivity contribution in [3.05, 3.63) is 88.2 Å². The first-order chi connectivity index (χ1) is 13.7. The molecule has 5 nitrogen and oxygen atoms in total. The van der Waals surface area contributed by atoms with Gasteiger partial charge in [0.1, 0.15) is 5.56 Å². The number of nitrogens with zero attached hydrogens (tertiary/aromatic N) is 2. The van der Waals surface area contributed by atoms with Crippen molar-refractivity contribution in [1.29, 1.82) is 0 Å². The van der Waals surface area contributed by atoms with Crippen LogP contribution in [-0.2, 0) is 0 Å². The third kappa shape index (κ3) is 3.89. The van der Waals surface area contributed by atoms with Gasteiger partial charge in [-0.25, -0.2) is 0 Å². The van der Waals surface area contributed by atoms with Crippen molar-refractivity contribution in [1.82, 2.24) is 14.8 Å². The van der Waals surface area contributed by atoms with Crippen molar-refractivity contribution in [2.24, 2.45) is 0 Å². The zero-order chi connectivity index (χ0) is 19.3. The number of hydrogen-bond acceptors (Lipinski definition) is 3. The third-order valence-corrected chi connectivity index (χ3v) is 5.15. The van der Waals surface area contributed by atoms with E-state index in [1.54, 1.807) is 17.2 Å². The molecule has 0 bridgehead atoms. The summed E-state index contributed by atoms with van der Waals surface area (Å²) in [4.78, 5) is 32.7. The van der Waals surface area contributed by atoms with Crippen LogP contribution in [0.5, 0.6) is 0 Å². The Balaban J connectivity index is 1.37. The Morgan fingerprint density at radius 1 is 0.964 bits per heavy atom. The molecular weight excluding hydrogens is 350 g/mol. The highest BCUT2D eigenvalue weighted by Gasteiger charge is 2.23. The molecule has 1 aromatic heterocycles. The number of benzene rings is 2. The van der Waals surface area contributed by atoms with E-state index in [0.717, 1.165) is 25.2 Å². The van der Waals surface area contributed by atoms with Crippen LogP contribution in [0.1, 0.15) is 15.9 Å². The Labute approximate surface area is 163 Å². The molecule has 4 rings (SSSR count). The standard InChI is InChI=1S/C23H23N3O2/c27-22-19-10-4-5-11-21(19)24-17-20(22)23(28)26-15-13-25(14-16-26)12-6-9-18-7-2-1-3-8-18/h1-11,17H,12-16H2,(H,24,27)/b9-6+. The van der Waals surface area contributed by atoms with Gasteiger partial charge in [0.15, 0.2) is 0 Å². The fourth-order valence-corrected chi connectivity index (χ4v) is 3.53. The normalized spacial score (nSPS) is 15.4. The molecule has 1 aliphatic rings. The van der Waals surface area contributed by atoms with Gasteiger partial charge in [-0.1, -0.05) is 54.6 Å². The van der Waals surface area contributed by atoms with Gasteiger partial charge in [0, 0.05) is 49.8 Å². The molecule has 5 heteroatoms. The molecule has 1 aliphatic heterocycles. The van der Waals surface area contributed by atoms with E-state index in [1.807, 2.05) is 36.4 Å². The van der Waals surface area contributed by atoms with Crippen LogP contribution in [0, 0.1) is 0 Å². The summed E-state index contributed by atoms with van der Waals surface area (Å²) in [5.41, 5.74) is 1.95. The number of aromatic amines is 1. The van der Waals surface area contributed by atoms with Gasteiger partial charge < -0.3 is 9.88 Å². The van der Waals surface area contributed by atoms with E-state index < -0.39 is 0 Å². The number of carbonyl (C=O) groups excluding carboxylic acids is 1. The number of carbonyl (C=O) groups is 1. The molecule has 28 heavy (non-hydrogen) atoms. The average molecular weight is 373 g/mol. The molecule has 1 saturated heterocycles. The number of amides is 1. The maximum atomic E-state index is 12.8. The topological polar surface area (TPSA) is 56.4 Å². The second-order valence-corrected chi connectivity index (χ2v) is 6.98. The quantitative estimate of drug-likeness (QED) is 0.765. The molecule has 142 valence electrons. The maximum absolute atomic E-state index is 12.8. The Morgan fingerprint density at radius 3 is 2.46 bits per heavy atom. The molecule has 2 heterocycles. The summed E-state index contributed by atoms with van der Waals surface area (Å²) in [5.74, 6) is -0.188. The zero-order valence-electron chi connectivity index (χ0n) is 15.7. The minimum absolute atomic E-state index is 0.188. The summed E-state index contributed by atoms with van der Waals surface area (Å²) in [5, 5.41) is 0.554. The molecule has 0 saturated carbocycles. The van der Waals surface area contributed by atoms with Crippen LogP contribution in [0.25, 0.3) is 17.0 Å². The molecule has 0 unspecified atom stereocenters. The Hall–Kier alpha value is -3.18. The third-order valence-electron chi connectivity index (χ3n) is 5.15. The summed E-state index contributed by atoms with van der Waals surface area (Å²) in [6, 6.07) is 17.5. The van der Waals surface area contributed by atoms with E-state index in [0.29, 0.717) is 18.5 Å². The molecule has 1 N–H and O–H groups in total. The van der Waals surface area contributed by atoms with Crippen molar-refractivity contribution < 1.29 is 4.79 Å². The van der Waals surface area contributed by atoms with E-state index in [4.69, 9.17) is 0 Å². The first-order valence-corrected chi connectivity index (χ1v) is 9.56. The van der Waals surface area contributed by atoms with E-state index in [-0.39, 0.29) is 16.9 Å². The van der Waals surface area contributed by atoms with Crippen LogP contribution >= 0.6 is 0 Å². The SMILES string of the molecule is O=C(c1c[nH]c2ccccc2c1=O)N1CCN(C/C=C/c2ccccc2)CC1. The maximum Gasteiger partial charge on any atom is 0.259 e. The highest BCUT2D eigenvalue weighted by Crippen LogP contribution is 2.11. The van der Waals surface area contributed by atoms with E-state index >= 15 is 0 Å². The summed E-state index contributed by atoms with van der Waals surface area (Å²) in [6.07, 6.45) is 5.81. The highest BCUT2D eigenvalue weighted by molar-refractivity contribution is 5.97. The molecule has 0 spiro atoms. The van der Waals surface area contributed by atoms with Crippen molar-refractivity contribution in [2.45, 2.75) is 0 Å². The van der Waals surface area contributed by atoms with Crippen LogP contribution in [0.4, 0.5) is 0 Å². The molecule has 0 radical (unpaired) electrons. The molecule has 0 aliphatic carbocycles. The van der Waals surface area contributed by atoms with Gasteiger partial charge in [0.25, 0.3) is 5.91 Å². The van der Waals surface area contributed by atoms with Crippen LogP contribution in [0.3, 0.4) is 0 Å². The number of pyridine rings is 1. The molecule has 3 aromatic rings. The molecule has 0 atom stereocenters. The summed E-state index contributed by atoms with van der Waals surface area (Å²) in [7, 11) is 0. The number of nitrogens with one attached hydrogen (secondary N) is 1. The van der Waals surface area contributed by atoms with Gasteiger partial charge in [0.05, 0.1) is 0 Å². The fourth-order valence-electron chi connectivity index (χ4n) is 3.53. The monoisotopic (exact) mass is 373 g/mol. The van der Waals surface area contributed by atoms with Gasteiger partial charge in [0.2, 0.25) is 5.43 Å². The first kappa shape index (κ1) is 18.2. The number of fused-ring (bicyclic) bond motifs is 1. The van der Waals surface area contributed by atoms with Gasteiger partial charge in [-0.2, -0.15) is 0 Å². The zero-order valence-corrected chi connectivity index (χ0v) is 15.7. The lowest BCUT2D eigenvalue weighted by atomic mass is 10.1. The van der Waals surface area contributed by atoms with Crippen LogP contribution in [0.15, 0.2) is 71.7 Å². The first-order valence-electron chi connectivity index (χ1n) is 9.56. The van der Waals surface area contributed by atoms with Gasteiger partial charge in [-0.05, 0) is 17.7 Å². The molecule has 1 amide bonds. The number of rotatable bonds is 4. The Bertz CT molecular complexity index is 1050. The number of H-pyrrole nitrogens is 1. The number of aromatic nitrogens is 1. The minimum Gasteiger partial charge on any atom is -0.360 e. The predicted molar refractivity (Wildman–Crippen MR) is 112 cm³/mol. The summed E-state index contributed by atoms with van der Waals surface area (Å²) in [6.45, 7) is 3.72. The fraction of sp³-hybridized carbons (Fsp3) is 0.217. The number of piperazine rings is 1. The largest absolute Gasteiger partial charge is 0.360 e. The second kappa shape index (κ2) is 8.23. The number of hydrogen-bond donors (Lipinski definition) is 1. The van der Waals surface area contributed by atoms with Crippen molar-refractivity contribution in [3.63, 3.8) is 0 Å². The van der Waals surface area contributed by atoms with E-state index in [1.165, 1.54) is 5.56 Å².